The van der Waals surface area contributed by atoms with E-state index < -0.39 is 11.6 Å². The number of Topliss-reactive ketones (excluding diaryl/α,β-unsaturated/α-hetero) is 2. The van der Waals surface area contributed by atoms with Gasteiger partial charge in [-0.05, 0) is 29.8 Å². The molecular weight excluding hydrogens is 423 g/mol. The van der Waals surface area contributed by atoms with Crippen LogP contribution in [0.1, 0.15) is 37.8 Å². The Kier molecular flexibility index (Phi) is 4.46. The summed E-state index contributed by atoms with van der Waals surface area (Å²) in [4.78, 5) is 25.3. The number of fused-ring (bicyclic) bond motifs is 2. The van der Waals surface area contributed by atoms with Gasteiger partial charge in [0.25, 0.3) is 0 Å². The van der Waals surface area contributed by atoms with Gasteiger partial charge in [-0.3, -0.25) is 9.59 Å². The molecule has 0 radical (unpaired) electrons. The Morgan fingerprint density at radius 3 is 1.90 bits per heavy atom. The molecule has 0 fully saturated rings. The third-order valence-electron chi connectivity index (χ3n) is 4.81. The van der Waals surface area contributed by atoms with Gasteiger partial charge >= 0.3 is 0 Å². The van der Waals surface area contributed by atoms with Crippen LogP contribution < -0.4 is 0 Å². The topological polar surface area (TPSA) is 60.4 Å². The van der Waals surface area contributed by atoms with Crippen molar-refractivity contribution in [2.75, 3.05) is 0 Å². The first-order chi connectivity index (χ1) is 14.5. The molecule has 0 N–H and O–H groups in total. The predicted molar refractivity (Wildman–Crippen MR) is 117 cm³/mol. The summed E-state index contributed by atoms with van der Waals surface area (Å²) in [6.07, 6.45) is 5.20. The highest BCUT2D eigenvalue weighted by atomic mass is 35.5. The number of carbonyl (C=O) groups excluding carboxylic acids is 2. The molecule has 4 aromatic rings. The second-order valence-electron chi connectivity index (χ2n) is 6.80. The van der Waals surface area contributed by atoms with Gasteiger partial charge in [0.2, 0.25) is 0 Å². The van der Waals surface area contributed by atoms with E-state index in [-0.39, 0.29) is 26.7 Å². The molecule has 1 aliphatic carbocycles. The average Bonchev–Trinajstić information content (AvgIpc) is 3.35. The zero-order valence-corrected chi connectivity index (χ0v) is 16.8. The van der Waals surface area contributed by atoms with Crippen molar-refractivity contribution in [2.24, 2.45) is 0 Å². The first kappa shape index (κ1) is 18.7. The molecule has 146 valence electrons. The Bertz CT molecular complexity index is 1310. The monoisotopic (exact) mass is 434 g/mol. The second kappa shape index (κ2) is 7.17. The molecule has 0 spiro atoms. The van der Waals surface area contributed by atoms with Gasteiger partial charge in [-0.2, -0.15) is 0 Å². The molecule has 30 heavy (non-hydrogen) atoms. The van der Waals surface area contributed by atoms with E-state index in [0.29, 0.717) is 22.7 Å². The summed E-state index contributed by atoms with van der Waals surface area (Å²) >= 11 is 12.0. The van der Waals surface area contributed by atoms with Crippen molar-refractivity contribution in [1.82, 2.24) is 0 Å². The van der Waals surface area contributed by atoms with Crippen LogP contribution in [0.2, 0.25) is 10.0 Å². The zero-order valence-electron chi connectivity index (χ0n) is 15.3. The lowest BCUT2D eigenvalue weighted by Crippen LogP contribution is -1.99. The Hall–Kier alpha value is -3.34. The van der Waals surface area contributed by atoms with E-state index in [0.717, 1.165) is 5.56 Å². The fourth-order valence-corrected chi connectivity index (χ4v) is 3.69. The van der Waals surface area contributed by atoms with Gasteiger partial charge in [0.05, 0.1) is 15.6 Å². The number of ketones is 2. The summed E-state index contributed by atoms with van der Waals surface area (Å²) in [7, 11) is 0. The molecule has 5 rings (SSSR count). The maximum atomic E-state index is 12.6. The van der Waals surface area contributed by atoms with Crippen molar-refractivity contribution in [2.45, 2.75) is 0 Å². The molecule has 1 aliphatic rings. The number of carbonyl (C=O) groups is 2. The lowest BCUT2D eigenvalue weighted by atomic mass is 10.1. The van der Waals surface area contributed by atoms with Crippen LogP contribution in [0.4, 0.5) is 0 Å². The SMILES string of the molecule is O=C1C(=Cc2cc3oc(/C=C/c4ccccc4)cc3o2)C(=O)c2cc(Cl)c(Cl)cc21. The highest BCUT2D eigenvalue weighted by Gasteiger charge is 2.34. The lowest BCUT2D eigenvalue weighted by molar-refractivity contribution is 0.0990. The molecule has 0 atom stereocenters. The minimum atomic E-state index is -0.409. The number of furan rings is 2. The smallest absolute Gasteiger partial charge is 0.197 e. The van der Waals surface area contributed by atoms with Crippen molar-refractivity contribution in [3.05, 3.63) is 98.4 Å². The molecule has 6 heteroatoms. The van der Waals surface area contributed by atoms with E-state index >= 15 is 0 Å². The highest BCUT2D eigenvalue weighted by Crippen LogP contribution is 2.35. The number of halogens is 2. The van der Waals surface area contributed by atoms with E-state index in [1.54, 1.807) is 12.1 Å². The van der Waals surface area contributed by atoms with E-state index in [1.807, 2.05) is 42.5 Å². The molecule has 2 aromatic heterocycles. The summed E-state index contributed by atoms with van der Waals surface area (Å²) in [5, 5.41) is 0.453. The van der Waals surface area contributed by atoms with Crippen molar-refractivity contribution in [3.8, 4) is 0 Å². The van der Waals surface area contributed by atoms with Crippen LogP contribution in [0.3, 0.4) is 0 Å². The summed E-state index contributed by atoms with van der Waals surface area (Å²) in [5.41, 5.74) is 2.58. The summed E-state index contributed by atoms with van der Waals surface area (Å²) in [6.45, 7) is 0. The fraction of sp³-hybridized carbons (Fsp3) is 0. The van der Waals surface area contributed by atoms with Gasteiger partial charge < -0.3 is 8.83 Å². The molecule has 2 heterocycles. The van der Waals surface area contributed by atoms with Gasteiger partial charge in [0, 0.05) is 23.3 Å². The Morgan fingerprint density at radius 1 is 0.700 bits per heavy atom. The first-order valence-electron chi connectivity index (χ1n) is 9.06. The normalized spacial score (nSPS) is 13.6. The third kappa shape index (κ3) is 3.20. The van der Waals surface area contributed by atoms with Crippen LogP contribution in [0.25, 0.3) is 29.4 Å². The number of allylic oxidation sites excluding steroid dienone is 1. The molecular formula is C24H12Cl2O4. The fourth-order valence-electron chi connectivity index (χ4n) is 3.36. The molecule has 0 saturated heterocycles. The van der Waals surface area contributed by atoms with E-state index in [2.05, 4.69) is 0 Å². The maximum absolute atomic E-state index is 12.6. The van der Waals surface area contributed by atoms with Gasteiger partial charge in [0.1, 0.15) is 11.5 Å². The molecule has 0 amide bonds. The molecule has 0 aliphatic heterocycles. The van der Waals surface area contributed by atoms with Crippen LogP contribution in [-0.2, 0) is 0 Å². The van der Waals surface area contributed by atoms with Crippen molar-refractivity contribution in [1.29, 1.82) is 0 Å². The maximum Gasteiger partial charge on any atom is 0.197 e. The molecule has 0 bridgehead atoms. The minimum Gasteiger partial charge on any atom is -0.453 e. The van der Waals surface area contributed by atoms with Crippen LogP contribution in [0, 0.1) is 0 Å². The number of hydrogen-bond donors (Lipinski definition) is 0. The Morgan fingerprint density at radius 2 is 1.27 bits per heavy atom. The van der Waals surface area contributed by atoms with Crippen LogP contribution in [0.15, 0.2) is 69.0 Å². The standard InChI is InChI=1S/C24H12Cl2O4/c25-19-11-16-17(12-20(19)26)24(28)18(23(16)27)8-15-10-22-21(30-15)9-14(29-22)7-6-13-4-2-1-3-5-13/h1-12H/b7-6+. The molecule has 0 saturated carbocycles. The molecule has 4 nitrogen and oxygen atoms in total. The van der Waals surface area contributed by atoms with Gasteiger partial charge in [-0.15, -0.1) is 0 Å². The summed E-state index contributed by atoms with van der Waals surface area (Å²) < 4.78 is 11.5. The lowest BCUT2D eigenvalue weighted by Gasteiger charge is -1.98. The quantitative estimate of drug-likeness (QED) is 0.258. The van der Waals surface area contributed by atoms with Crippen molar-refractivity contribution < 1.29 is 18.4 Å². The number of benzene rings is 2. The zero-order chi connectivity index (χ0) is 20.8. The van der Waals surface area contributed by atoms with Crippen LogP contribution in [0.5, 0.6) is 0 Å². The summed E-state index contributed by atoms with van der Waals surface area (Å²) in [5.74, 6) is 0.168. The van der Waals surface area contributed by atoms with Crippen LogP contribution in [-0.4, -0.2) is 11.6 Å². The number of rotatable bonds is 3. The first-order valence-corrected chi connectivity index (χ1v) is 9.82. The van der Waals surface area contributed by atoms with E-state index in [9.17, 15) is 9.59 Å². The van der Waals surface area contributed by atoms with Crippen molar-refractivity contribution in [3.63, 3.8) is 0 Å². The number of hydrogen-bond acceptors (Lipinski definition) is 4. The van der Waals surface area contributed by atoms with Gasteiger partial charge in [-0.25, -0.2) is 0 Å². The van der Waals surface area contributed by atoms with Gasteiger partial charge in [-0.1, -0.05) is 59.6 Å². The third-order valence-corrected chi connectivity index (χ3v) is 5.53. The highest BCUT2D eigenvalue weighted by molar-refractivity contribution is 6.46. The summed E-state index contributed by atoms with van der Waals surface area (Å²) in [6, 6.07) is 16.1. The van der Waals surface area contributed by atoms with Gasteiger partial charge in [0.15, 0.2) is 22.7 Å². The molecule has 2 aromatic carbocycles. The minimum absolute atomic E-state index is 0.00364. The molecule has 0 unspecified atom stereocenters. The van der Waals surface area contributed by atoms with Crippen molar-refractivity contribution >= 4 is 64.2 Å². The average molecular weight is 435 g/mol. The van der Waals surface area contributed by atoms with E-state index in [4.69, 9.17) is 32.0 Å². The van der Waals surface area contributed by atoms with E-state index in [1.165, 1.54) is 18.2 Å². The Balaban J connectivity index is 1.44. The Labute approximate surface area is 181 Å². The van der Waals surface area contributed by atoms with Crippen LogP contribution >= 0.6 is 23.2 Å². The second-order valence-corrected chi connectivity index (χ2v) is 7.61. The largest absolute Gasteiger partial charge is 0.453 e. The predicted octanol–water partition coefficient (Wildman–Crippen LogP) is 6.97.